The number of carbonyl (C=O) groups is 1. The first-order chi connectivity index (χ1) is 9.31. The second-order valence-electron chi connectivity index (χ2n) is 4.70. The zero-order chi connectivity index (χ0) is 15.3. The molecule has 0 spiro atoms. The van der Waals surface area contributed by atoms with Gasteiger partial charge in [0.15, 0.2) is 0 Å². The highest BCUT2D eigenvalue weighted by Gasteiger charge is 2.20. The standard InChI is InChI=1S/C12H15N3O5/c1-8(2)7-13-12(16)5-9-3-4-10(14(17)18)6-11(9)15(19)20/h3-4,6,8H,5,7H2,1-2H3,(H,13,16). The smallest absolute Gasteiger partial charge is 0.279 e. The lowest BCUT2D eigenvalue weighted by atomic mass is 10.1. The van der Waals surface area contributed by atoms with Gasteiger partial charge in [0.25, 0.3) is 11.4 Å². The maximum Gasteiger partial charge on any atom is 0.279 e. The lowest BCUT2D eigenvalue weighted by Gasteiger charge is -2.07. The zero-order valence-corrected chi connectivity index (χ0v) is 11.2. The molecular formula is C12H15N3O5. The minimum Gasteiger partial charge on any atom is -0.356 e. The van der Waals surface area contributed by atoms with Gasteiger partial charge in [-0.3, -0.25) is 25.0 Å². The minimum atomic E-state index is -0.724. The first-order valence-corrected chi connectivity index (χ1v) is 5.99. The molecule has 0 fully saturated rings. The Hall–Kier alpha value is -2.51. The van der Waals surface area contributed by atoms with Crippen LogP contribution in [0.5, 0.6) is 0 Å². The Morgan fingerprint density at radius 1 is 1.25 bits per heavy atom. The summed E-state index contributed by atoms with van der Waals surface area (Å²) in [6, 6.07) is 3.26. The summed E-state index contributed by atoms with van der Waals surface area (Å²) in [6.07, 6.45) is -0.180. The predicted octanol–water partition coefficient (Wildman–Crippen LogP) is 1.82. The van der Waals surface area contributed by atoms with Crippen molar-refractivity contribution in [2.24, 2.45) is 5.92 Å². The molecule has 0 saturated carbocycles. The molecule has 0 aliphatic heterocycles. The van der Waals surface area contributed by atoms with Crippen molar-refractivity contribution in [2.75, 3.05) is 6.54 Å². The third kappa shape index (κ3) is 4.30. The normalized spacial score (nSPS) is 10.3. The molecule has 0 aromatic heterocycles. The van der Waals surface area contributed by atoms with Crippen molar-refractivity contribution in [1.82, 2.24) is 5.32 Å². The molecule has 1 aromatic carbocycles. The van der Waals surface area contributed by atoms with E-state index in [0.29, 0.717) is 6.54 Å². The van der Waals surface area contributed by atoms with Crippen LogP contribution in [-0.2, 0) is 11.2 Å². The summed E-state index contributed by atoms with van der Waals surface area (Å²) in [6.45, 7) is 4.32. The van der Waals surface area contributed by atoms with Gasteiger partial charge >= 0.3 is 0 Å². The van der Waals surface area contributed by atoms with Crippen LogP contribution in [0, 0.1) is 26.1 Å². The fourth-order valence-corrected chi connectivity index (χ4v) is 1.54. The van der Waals surface area contributed by atoms with Crippen LogP contribution in [0.4, 0.5) is 11.4 Å². The Morgan fingerprint density at radius 3 is 2.40 bits per heavy atom. The maximum atomic E-state index is 11.6. The Labute approximate surface area is 115 Å². The number of nitro benzene ring substituents is 2. The highest BCUT2D eigenvalue weighted by atomic mass is 16.6. The van der Waals surface area contributed by atoms with Crippen molar-refractivity contribution in [1.29, 1.82) is 0 Å². The number of non-ortho nitro benzene ring substituents is 1. The Balaban J connectivity index is 2.92. The van der Waals surface area contributed by atoms with E-state index in [1.165, 1.54) is 6.07 Å². The molecule has 0 unspecified atom stereocenters. The second kappa shape index (κ2) is 6.60. The van der Waals surface area contributed by atoms with Crippen LogP contribution in [0.1, 0.15) is 19.4 Å². The Bertz CT molecular complexity index is 542. The summed E-state index contributed by atoms with van der Waals surface area (Å²) < 4.78 is 0. The van der Waals surface area contributed by atoms with Crippen molar-refractivity contribution in [3.05, 3.63) is 44.0 Å². The number of benzene rings is 1. The number of rotatable bonds is 6. The molecule has 0 aliphatic rings. The summed E-state index contributed by atoms with van der Waals surface area (Å²) in [4.78, 5) is 31.7. The zero-order valence-electron chi connectivity index (χ0n) is 11.2. The molecule has 8 nitrogen and oxygen atoms in total. The van der Waals surface area contributed by atoms with Gasteiger partial charge in [-0.2, -0.15) is 0 Å². The van der Waals surface area contributed by atoms with E-state index < -0.39 is 15.5 Å². The molecule has 108 valence electrons. The number of nitrogens with one attached hydrogen (secondary N) is 1. The van der Waals surface area contributed by atoms with E-state index in [0.717, 1.165) is 12.1 Å². The number of hydrogen-bond acceptors (Lipinski definition) is 5. The van der Waals surface area contributed by atoms with Crippen molar-refractivity contribution in [2.45, 2.75) is 20.3 Å². The first-order valence-electron chi connectivity index (χ1n) is 5.99. The third-order valence-electron chi connectivity index (χ3n) is 2.53. The van der Waals surface area contributed by atoms with Crippen LogP contribution in [0.15, 0.2) is 18.2 Å². The third-order valence-corrected chi connectivity index (χ3v) is 2.53. The molecule has 1 amide bonds. The topological polar surface area (TPSA) is 115 Å². The molecule has 0 aliphatic carbocycles. The highest BCUT2D eigenvalue weighted by Crippen LogP contribution is 2.24. The second-order valence-corrected chi connectivity index (χ2v) is 4.70. The van der Waals surface area contributed by atoms with Gasteiger partial charge in [0.05, 0.1) is 22.3 Å². The highest BCUT2D eigenvalue weighted by molar-refractivity contribution is 5.80. The maximum absolute atomic E-state index is 11.6. The number of nitrogens with zero attached hydrogens (tertiary/aromatic N) is 2. The van der Waals surface area contributed by atoms with E-state index in [1.54, 1.807) is 0 Å². The van der Waals surface area contributed by atoms with E-state index in [-0.39, 0.29) is 29.5 Å². The molecule has 0 bridgehead atoms. The van der Waals surface area contributed by atoms with E-state index in [4.69, 9.17) is 0 Å². The van der Waals surface area contributed by atoms with E-state index in [2.05, 4.69) is 5.32 Å². The van der Waals surface area contributed by atoms with Gasteiger partial charge < -0.3 is 5.32 Å². The molecule has 8 heteroatoms. The Morgan fingerprint density at radius 2 is 1.90 bits per heavy atom. The van der Waals surface area contributed by atoms with Crippen molar-refractivity contribution in [3.63, 3.8) is 0 Å². The largest absolute Gasteiger partial charge is 0.356 e. The number of amides is 1. The molecule has 1 N–H and O–H groups in total. The fraction of sp³-hybridized carbons (Fsp3) is 0.417. The molecule has 0 radical (unpaired) electrons. The molecule has 1 aromatic rings. The SMILES string of the molecule is CC(C)CNC(=O)Cc1ccc([N+](=O)[O-])cc1[N+](=O)[O-]. The number of nitro groups is 2. The van der Waals surface area contributed by atoms with Gasteiger partial charge in [0, 0.05) is 18.2 Å². The predicted molar refractivity (Wildman–Crippen MR) is 71.3 cm³/mol. The molecule has 20 heavy (non-hydrogen) atoms. The van der Waals surface area contributed by atoms with Gasteiger partial charge in [-0.1, -0.05) is 13.8 Å². The van der Waals surface area contributed by atoms with Crippen LogP contribution < -0.4 is 5.32 Å². The monoisotopic (exact) mass is 281 g/mol. The molecule has 1 rings (SSSR count). The van der Waals surface area contributed by atoms with Crippen LogP contribution in [0.2, 0.25) is 0 Å². The fourth-order valence-electron chi connectivity index (χ4n) is 1.54. The van der Waals surface area contributed by atoms with Crippen LogP contribution in [0.3, 0.4) is 0 Å². The van der Waals surface area contributed by atoms with E-state index in [9.17, 15) is 25.0 Å². The molecular weight excluding hydrogens is 266 g/mol. The molecule has 0 atom stereocenters. The van der Waals surface area contributed by atoms with Gasteiger partial charge in [0.1, 0.15) is 0 Å². The van der Waals surface area contributed by atoms with Crippen LogP contribution in [-0.4, -0.2) is 22.3 Å². The van der Waals surface area contributed by atoms with E-state index in [1.807, 2.05) is 13.8 Å². The van der Waals surface area contributed by atoms with Gasteiger partial charge in [-0.15, -0.1) is 0 Å². The lowest BCUT2D eigenvalue weighted by Crippen LogP contribution is -2.28. The average Bonchev–Trinajstić information content (AvgIpc) is 2.36. The van der Waals surface area contributed by atoms with E-state index >= 15 is 0 Å². The minimum absolute atomic E-state index is 0.154. The summed E-state index contributed by atoms with van der Waals surface area (Å²) in [7, 11) is 0. The van der Waals surface area contributed by atoms with Gasteiger partial charge in [-0.25, -0.2) is 0 Å². The van der Waals surface area contributed by atoms with Gasteiger partial charge in [0.2, 0.25) is 5.91 Å². The first kappa shape index (κ1) is 15.5. The summed E-state index contributed by atoms with van der Waals surface area (Å²) in [5, 5.41) is 24.1. The summed E-state index contributed by atoms with van der Waals surface area (Å²) in [5.41, 5.74) is -0.635. The van der Waals surface area contributed by atoms with Crippen molar-refractivity contribution < 1.29 is 14.6 Å². The molecule has 0 saturated heterocycles. The Kier molecular flexibility index (Phi) is 5.13. The number of carbonyl (C=O) groups excluding carboxylic acids is 1. The number of hydrogen-bond donors (Lipinski definition) is 1. The lowest BCUT2D eigenvalue weighted by molar-refractivity contribution is -0.394. The van der Waals surface area contributed by atoms with Crippen molar-refractivity contribution in [3.8, 4) is 0 Å². The van der Waals surface area contributed by atoms with Crippen LogP contribution in [0.25, 0.3) is 0 Å². The van der Waals surface area contributed by atoms with Crippen LogP contribution >= 0.6 is 0 Å². The van der Waals surface area contributed by atoms with Gasteiger partial charge in [-0.05, 0) is 12.0 Å². The summed E-state index contributed by atoms with van der Waals surface area (Å²) >= 11 is 0. The average molecular weight is 281 g/mol. The quantitative estimate of drug-likeness (QED) is 0.630. The molecule has 0 heterocycles. The van der Waals surface area contributed by atoms with Crippen molar-refractivity contribution >= 4 is 17.3 Å². The summed E-state index contributed by atoms with van der Waals surface area (Å²) in [5.74, 6) is -0.0820.